The number of aliphatic carboxylic acids is 1. The third-order valence-electron chi connectivity index (χ3n) is 4.70. The SMILES string of the molecule is Cc1ccc([C@@H]2OCCC[C@H]2C(=O)N2CCO[C@H](C(=O)O)C2)cc1. The smallest absolute Gasteiger partial charge is 0.334 e. The number of amides is 1. The number of hydrogen-bond acceptors (Lipinski definition) is 4. The number of carbonyl (C=O) groups is 2. The molecule has 2 aliphatic heterocycles. The standard InChI is InChI=1S/C18H23NO5/c1-12-4-6-13(7-5-12)16-14(3-2-9-24-16)17(20)19-8-10-23-15(11-19)18(21)22/h4-7,14-16H,2-3,8-11H2,1H3,(H,21,22)/t14-,15+,16+/m1/s1. The maximum atomic E-state index is 13.0. The van der Waals surface area contributed by atoms with Gasteiger partial charge in [0.15, 0.2) is 6.10 Å². The third-order valence-corrected chi connectivity index (χ3v) is 4.70. The molecule has 3 rings (SSSR count). The number of rotatable bonds is 3. The number of carboxylic acid groups (broad SMARTS) is 1. The molecule has 0 spiro atoms. The van der Waals surface area contributed by atoms with Crippen molar-refractivity contribution in [2.24, 2.45) is 5.92 Å². The summed E-state index contributed by atoms with van der Waals surface area (Å²) in [5.74, 6) is -1.33. The molecule has 6 heteroatoms. The Hall–Kier alpha value is -1.92. The molecule has 2 fully saturated rings. The van der Waals surface area contributed by atoms with Crippen LogP contribution in [0.15, 0.2) is 24.3 Å². The second-order valence-electron chi connectivity index (χ2n) is 6.43. The van der Waals surface area contributed by atoms with Gasteiger partial charge in [0.1, 0.15) is 0 Å². The van der Waals surface area contributed by atoms with E-state index in [2.05, 4.69) is 0 Å². The van der Waals surface area contributed by atoms with Crippen molar-refractivity contribution < 1.29 is 24.2 Å². The van der Waals surface area contributed by atoms with Crippen LogP contribution in [0.5, 0.6) is 0 Å². The highest BCUT2D eigenvalue weighted by Crippen LogP contribution is 2.35. The van der Waals surface area contributed by atoms with Gasteiger partial charge in [-0.2, -0.15) is 0 Å². The van der Waals surface area contributed by atoms with E-state index in [1.165, 1.54) is 0 Å². The van der Waals surface area contributed by atoms with Crippen LogP contribution in [-0.2, 0) is 19.1 Å². The zero-order valence-electron chi connectivity index (χ0n) is 13.8. The number of morpholine rings is 1. The van der Waals surface area contributed by atoms with Crippen LogP contribution in [0.1, 0.15) is 30.1 Å². The van der Waals surface area contributed by atoms with Gasteiger partial charge in [-0.3, -0.25) is 4.79 Å². The van der Waals surface area contributed by atoms with E-state index < -0.39 is 12.1 Å². The number of hydrogen-bond donors (Lipinski definition) is 1. The first kappa shape index (κ1) is 16.9. The summed E-state index contributed by atoms with van der Waals surface area (Å²) in [6.07, 6.45) is 0.390. The Morgan fingerprint density at radius 2 is 1.92 bits per heavy atom. The van der Waals surface area contributed by atoms with Gasteiger partial charge in [-0.25, -0.2) is 4.79 Å². The van der Waals surface area contributed by atoms with Crippen molar-refractivity contribution in [3.63, 3.8) is 0 Å². The third kappa shape index (κ3) is 3.60. The number of carbonyl (C=O) groups excluding carboxylic acids is 1. The Morgan fingerprint density at radius 1 is 1.17 bits per heavy atom. The van der Waals surface area contributed by atoms with E-state index in [4.69, 9.17) is 14.6 Å². The largest absolute Gasteiger partial charge is 0.479 e. The molecule has 0 saturated carbocycles. The maximum absolute atomic E-state index is 13.0. The highest BCUT2D eigenvalue weighted by atomic mass is 16.5. The number of aryl methyl sites for hydroxylation is 1. The number of carboxylic acids is 1. The summed E-state index contributed by atoms with van der Waals surface area (Å²) in [5.41, 5.74) is 2.16. The van der Waals surface area contributed by atoms with Crippen molar-refractivity contribution in [3.05, 3.63) is 35.4 Å². The summed E-state index contributed by atoms with van der Waals surface area (Å²) in [5, 5.41) is 9.12. The average Bonchev–Trinajstić information content (AvgIpc) is 2.62. The van der Waals surface area contributed by atoms with Crippen molar-refractivity contribution in [2.75, 3.05) is 26.3 Å². The van der Waals surface area contributed by atoms with Crippen molar-refractivity contribution in [1.82, 2.24) is 4.90 Å². The Morgan fingerprint density at radius 3 is 2.62 bits per heavy atom. The Labute approximate surface area is 141 Å². The first-order valence-electron chi connectivity index (χ1n) is 8.37. The predicted molar refractivity (Wildman–Crippen MR) is 86.6 cm³/mol. The maximum Gasteiger partial charge on any atom is 0.334 e. The van der Waals surface area contributed by atoms with Gasteiger partial charge in [0.05, 0.1) is 25.2 Å². The minimum absolute atomic E-state index is 0.0326. The van der Waals surface area contributed by atoms with E-state index in [9.17, 15) is 9.59 Å². The van der Waals surface area contributed by atoms with Crippen LogP contribution < -0.4 is 0 Å². The van der Waals surface area contributed by atoms with E-state index in [0.29, 0.717) is 13.2 Å². The number of nitrogens with zero attached hydrogens (tertiary/aromatic N) is 1. The monoisotopic (exact) mass is 333 g/mol. The highest BCUT2D eigenvalue weighted by Gasteiger charge is 2.38. The second-order valence-corrected chi connectivity index (χ2v) is 6.43. The van der Waals surface area contributed by atoms with E-state index in [-0.39, 0.29) is 31.1 Å². The molecule has 0 bridgehead atoms. The van der Waals surface area contributed by atoms with Crippen LogP contribution in [0.3, 0.4) is 0 Å². The molecule has 1 amide bonds. The lowest BCUT2D eigenvalue weighted by atomic mass is 9.88. The molecule has 0 unspecified atom stereocenters. The van der Waals surface area contributed by atoms with Gasteiger partial charge in [-0.1, -0.05) is 29.8 Å². The average molecular weight is 333 g/mol. The topological polar surface area (TPSA) is 76.1 Å². The van der Waals surface area contributed by atoms with Crippen LogP contribution in [0.25, 0.3) is 0 Å². The summed E-state index contributed by atoms with van der Waals surface area (Å²) in [7, 11) is 0. The van der Waals surface area contributed by atoms with E-state index in [1.54, 1.807) is 4.90 Å². The highest BCUT2D eigenvalue weighted by molar-refractivity contribution is 5.81. The molecule has 1 aromatic carbocycles. The van der Waals surface area contributed by atoms with Crippen LogP contribution in [0, 0.1) is 12.8 Å². The lowest BCUT2D eigenvalue weighted by Gasteiger charge is -2.37. The summed E-state index contributed by atoms with van der Waals surface area (Å²) in [4.78, 5) is 25.7. The summed E-state index contributed by atoms with van der Waals surface area (Å²) in [6.45, 7) is 3.45. The zero-order chi connectivity index (χ0) is 17.1. The van der Waals surface area contributed by atoms with E-state index in [0.717, 1.165) is 24.0 Å². The minimum atomic E-state index is -1.03. The van der Waals surface area contributed by atoms with Gasteiger partial charge < -0.3 is 19.5 Å². The quantitative estimate of drug-likeness (QED) is 0.912. The van der Waals surface area contributed by atoms with Gasteiger partial charge >= 0.3 is 5.97 Å². The Bertz CT molecular complexity index is 600. The Balaban J connectivity index is 1.76. The lowest BCUT2D eigenvalue weighted by molar-refractivity contribution is -0.163. The molecule has 0 aromatic heterocycles. The molecule has 0 radical (unpaired) electrons. The molecule has 24 heavy (non-hydrogen) atoms. The molecule has 3 atom stereocenters. The molecule has 1 N–H and O–H groups in total. The fourth-order valence-electron chi connectivity index (χ4n) is 3.35. The van der Waals surface area contributed by atoms with Gasteiger partial charge in [-0.15, -0.1) is 0 Å². The number of benzene rings is 1. The second kappa shape index (κ2) is 7.32. The summed E-state index contributed by atoms with van der Waals surface area (Å²) in [6, 6.07) is 8.05. The van der Waals surface area contributed by atoms with Gasteiger partial charge in [0.25, 0.3) is 0 Å². The Kier molecular flexibility index (Phi) is 5.16. The molecule has 0 aliphatic carbocycles. The summed E-state index contributed by atoms with van der Waals surface area (Å²) < 4.78 is 11.1. The fraction of sp³-hybridized carbons (Fsp3) is 0.556. The predicted octanol–water partition coefficient (Wildman–Crippen LogP) is 1.77. The van der Waals surface area contributed by atoms with Crippen molar-refractivity contribution >= 4 is 11.9 Å². The molecule has 6 nitrogen and oxygen atoms in total. The molecule has 2 heterocycles. The van der Waals surface area contributed by atoms with Gasteiger partial charge in [0, 0.05) is 13.2 Å². The van der Waals surface area contributed by atoms with Crippen molar-refractivity contribution in [3.8, 4) is 0 Å². The minimum Gasteiger partial charge on any atom is -0.479 e. The first-order chi connectivity index (χ1) is 11.6. The van der Waals surface area contributed by atoms with Crippen molar-refractivity contribution in [2.45, 2.75) is 32.0 Å². The van der Waals surface area contributed by atoms with E-state index >= 15 is 0 Å². The van der Waals surface area contributed by atoms with Crippen molar-refractivity contribution in [1.29, 1.82) is 0 Å². The van der Waals surface area contributed by atoms with Crippen LogP contribution in [0.4, 0.5) is 0 Å². The zero-order valence-corrected chi connectivity index (χ0v) is 13.8. The fourth-order valence-corrected chi connectivity index (χ4v) is 3.35. The lowest BCUT2D eigenvalue weighted by Crippen LogP contribution is -2.51. The molecular formula is C18H23NO5. The first-order valence-corrected chi connectivity index (χ1v) is 8.37. The normalized spacial score (nSPS) is 27.7. The van der Waals surface area contributed by atoms with E-state index in [1.807, 2.05) is 31.2 Å². The molecule has 2 aliphatic rings. The van der Waals surface area contributed by atoms with Crippen LogP contribution in [0.2, 0.25) is 0 Å². The molecule has 1 aromatic rings. The van der Waals surface area contributed by atoms with Gasteiger partial charge in [-0.05, 0) is 25.3 Å². The molecular weight excluding hydrogens is 310 g/mol. The van der Waals surface area contributed by atoms with Gasteiger partial charge in [0.2, 0.25) is 5.91 Å². The van der Waals surface area contributed by atoms with Crippen LogP contribution in [-0.4, -0.2) is 54.3 Å². The van der Waals surface area contributed by atoms with Crippen LogP contribution >= 0.6 is 0 Å². The summed E-state index contributed by atoms with van der Waals surface area (Å²) >= 11 is 0. The number of ether oxygens (including phenoxy) is 2. The molecule has 130 valence electrons. The molecule has 2 saturated heterocycles.